The van der Waals surface area contributed by atoms with Gasteiger partial charge in [-0.1, -0.05) is 0 Å². The summed E-state index contributed by atoms with van der Waals surface area (Å²) in [6, 6.07) is -0.410. The fourth-order valence-electron chi connectivity index (χ4n) is 1.11. The summed E-state index contributed by atoms with van der Waals surface area (Å²) < 4.78 is 5.11. The van der Waals surface area contributed by atoms with Crippen LogP contribution >= 0.6 is 0 Å². The molecule has 0 radical (unpaired) electrons. The van der Waals surface area contributed by atoms with Gasteiger partial charge >= 0.3 is 12.0 Å². The van der Waals surface area contributed by atoms with Crippen LogP contribution in [-0.4, -0.2) is 66.1 Å². The first-order valence-corrected chi connectivity index (χ1v) is 5.54. The fourth-order valence-corrected chi connectivity index (χ4v) is 1.11. The van der Waals surface area contributed by atoms with E-state index in [2.05, 4.69) is 5.32 Å². The van der Waals surface area contributed by atoms with Gasteiger partial charge in [0.25, 0.3) is 0 Å². The average Bonchev–Trinajstić information content (AvgIpc) is 2.31. The molecule has 0 aromatic heterocycles. The smallest absolute Gasteiger partial charge is 0.334 e. The lowest BCUT2D eigenvalue weighted by Gasteiger charge is -2.21. The molecule has 0 heterocycles. The SMILES string of the molecule is CCOCCN(CC)C(=O)NC[C@H](O)C(=O)O. The van der Waals surface area contributed by atoms with E-state index < -0.39 is 18.1 Å². The molecule has 0 rings (SSSR count). The summed E-state index contributed by atoms with van der Waals surface area (Å²) in [5, 5.41) is 19.8. The van der Waals surface area contributed by atoms with Crippen LogP contribution < -0.4 is 5.32 Å². The van der Waals surface area contributed by atoms with Crippen LogP contribution in [0, 0.1) is 0 Å². The van der Waals surface area contributed by atoms with Crippen LogP contribution in [0.4, 0.5) is 4.79 Å². The molecule has 100 valence electrons. The molecule has 0 aliphatic rings. The minimum Gasteiger partial charge on any atom is -0.479 e. The van der Waals surface area contributed by atoms with Crippen molar-refractivity contribution < 1.29 is 24.5 Å². The van der Waals surface area contributed by atoms with Gasteiger partial charge in [-0.15, -0.1) is 0 Å². The van der Waals surface area contributed by atoms with E-state index in [0.29, 0.717) is 26.3 Å². The monoisotopic (exact) mass is 248 g/mol. The standard InChI is InChI=1S/C10H20N2O5/c1-3-12(5-6-17-4-2)10(16)11-7-8(13)9(14)15/h8,13H,3-7H2,1-2H3,(H,11,16)(H,14,15)/t8-/m0/s1. The maximum atomic E-state index is 11.6. The minimum atomic E-state index is -1.58. The van der Waals surface area contributed by atoms with Crippen LogP contribution in [0.3, 0.4) is 0 Å². The Morgan fingerprint density at radius 3 is 2.53 bits per heavy atom. The quantitative estimate of drug-likeness (QED) is 0.503. The van der Waals surface area contributed by atoms with Gasteiger partial charge in [0.2, 0.25) is 0 Å². The van der Waals surface area contributed by atoms with Crippen LogP contribution in [0.15, 0.2) is 0 Å². The summed E-state index contributed by atoms with van der Waals surface area (Å²) in [7, 11) is 0. The predicted octanol–water partition coefficient (Wildman–Crippen LogP) is -0.500. The Morgan fingerprint density at radius 1 is 1.41 bits per heavy atom. The highest BCUT2D eigenvalue weighted by atomic mass is 16.5. The molecule has 7 heteroatoms. The molecule has 0 fully saturated rings. The summed E-state index contributed by atoms with van der Waals surface area (Å²) >= 11 is 0. The summed E-state index contributed by atoms with van der Waals surface area (Å²) in [5.74, 6) is -1.36. The van der Waals surface area contributed by atoms with Crippen LogP contribution in [0.5, 0.6) is 0 Å². The highest BCUT2D eigenvalue weighted by Gasteiger charge is 2.16. The van der Waals surface area contributed by atoms with Crippen molar-refractivity contribution in [3.05, 3.63) is 0 Å². The van der Waals surface area contributed by atoms with E-state index in [0.717, 1.165) is 0 Å². The molecule has 2 amide bonds. The summed E-state index contributed by atoms with van der Waals surface area (Å²) in [6.45, 7) is 5.29. The predicted molar refractivity (Wildman–Crippen MR) is 60.8 cm³/mol. The Labute approximate surface area is 100 Å². The molecule has 3 N–H and O–H groups in total. The normalized spacial score (nSPS) is 11.9. The molecule has 7 nitrogen and oxygen atoms in total. The Morgan fingerprint density at radius 2 is 2.06 bits per heavy atom. The number of ether oxygens (including phenoxy) is 1. The van der Waals surface area contributed by atoms with Crippen molar-refractivity contribution in [2.45, 2.75) is 20.0 Å². The second kappa shape index (κ2) is 8.77. The molecule has 0 aliphatic carbocycles. The number of urea groups is 1. The third-order valence-electron chi connectivity index (χ3n) is 2.11. The lowest BCUT2D eigenvalue weighted by molar-refractivity contribution is -0.146. The molecule has 0 spiro atoms. The molecular weight excluding hydrogens is 228 g/mol. The van der Waals surface area contributed by atoms with Gasteiger partial charge in [-0.2, -0.15) is 0 Å². The van der Waals surface area contributed by atoms with Gasteiger partial charge < -0.3 is 25.2 Å². The van der Waals surface area contributed by atoms with Crippen molar-refractivity contribution >= 4 is 12.0 Å². The molecule has 0 aliphatic heterocycles. The number of carboxylic acid groups (broad SMARTS) is 1. The van der Waals surface area contributed by atoms with Crippen molar-refractivity contribution in [3.63, 3.8) is 0 Å². The first-order valence-electron chi connectivity index (χ1n) is 5.54. The maximum Gasteiger partial charge on any atom is 0.334 e. The van der Waals surface area contributed by atoms with Crippen molar-refractivity contribution in [1.29, 1.82) is 0 Å². The van der Waals surface area contributed by atoms with Crippen molar-refractivity contribution in [1.82, 2.24) is 10.2 Å². The number of amides is 2. The van der Waals surface area contributed by atoms with Gasteiger partial charge in [-0.05, 0) is 13.8 Å². The van der Waals surface area contributed by atoms with Gasteiger partial charge in [0.15, 0.2) is 6.10 Å². The number of carboxylic acids is 1. The fraction of sp³-hybridized carbons (Fsp3) is 0.800. The number of rotatable bonds is 8. The number of hydrogen-bond acceptors (Lipinski definition) is 4. The summed E-state index contributed by atoms with van der Waals surface area (Å²) in [5.41, 5.74) is 0. The van der Waals surface area contributed by atoms with E-state index >= 15 is 0 Å². The van der Waals surface area contributed by atoms with E-state index in [9.17, 15) is 9.59 Å². The van der Waals surface area contributed by atoms with Crippen LogP contribution in [-0.2, 0) is 9.53 Å². The zero-order valence-corrected chi connectivity index (χ0v) is 10.2. The molecule has 0 saturated heterocycles. The van der Waals surface area contributed by atoms with E-state index in [1.165, 1.54) is 4.90 Å². The van der Waals surface area contributed by atoms with Gasteiger partial charge in [-0.3, -0.25) is 0 Å². The van der Waals surface area contributed by atoms with Crippen LogP contribution in [0.1, 0.15) is 13.8 Å². The Kier molecular flexibility index (Phi) is 8.08. The number of aliphatic hydroxyl groups is 1. The largest absolute Gasteiger partial charge is 0.479 e. The molecule has 0 saturated carbocycles. The van der Waals surface area contributed by atoms with Crippen molar-refractivity contribution in [2.75, 3.05) is 32.8 Å². The number of nitrogens with one attached hydrogen (secondary N) is 1. The van der Waals surface area contributed by atoms with Gasteiger partial charge in [0, 0.05) is 19.7 Å². The lowest BCUT2D eigenvalue weighted by atomic mass is 10.3. The van der Waals surface area contributed by atoms with Gasteiger partial charge in [0.05, 0.1) is 13.2 Å². The second-order valence-electron chi connectivity index (χ2n) is 3.32. The number of hydrogen-bond donors (Lipinski definition) is 3. The van der Waals surface area contributed by atoms with E-state index in [1.807, 2.05) is 6.92 Å². The first-order chi connectivity index (χ1) is 8.02. The zero-order chi connectivity index (χ0) is 13.3. The lowest BCUT2D eigenvalue weighted by Crippen LogP contribution is -2.45. The first kappa shape index (κ1) is 15.7. The van der Waals surface area contributed by atoms with Crippen molar-refractivity contribution in [3.8, 4) is 0 Å². The van der Waals surface area contributed by atoms with E-state index in [1.54, 1.807) is 6.92 Å². The molecule has 17 heavy (non-hydrogen) atoms. The number of carbonyl (C=O) groups excluding carboxylic acids is 1. The summed E-state index contributed by atoms with van der Waals surface area (Å²) in [6.07, 6.45) is -1.58. The van der Waals surface area contributed by atoms with Gasteiger partial charge in [0.1, 0.15) is 0 Å². The summed E-state index contributed by atoms with van der Waals surface area (Å²) in [4.78, 5) is 23.4. The molecular formula is C10H20N2O5. The second-order valence-corrected chi connectivity index (χ2v) is 3.32. The molecule has 0 aromatic rings. The molecule has 0 unspecified atom stereocenters. The highest BCUT2D eigenvalue weighted by Crippen LogP contribution is 1.91. The average molecular weight is 248 g/mol. The Bertz CT molecular complexity index is 247. The Balaban J connectivity index is 3.95. The van der Waals surface area contributed by atoms with Crippen molar-refractivity contribution in [2.24, 2.45) is 0 Å². The molecule has 0 bridgehead atoms. The maximum absolute atomic E-state index is 11.6. The van der Waals surface area contributed by atoms with E-state index in [-0.39, 0.29) is 6.54 Å². The number of nitrogens with zero attached hydrogens (tertiary/aromatic N) is 1. The molecule has 0 aromatic carbocycles. The third-order valence-corrected chi connectivity index (χ3v) is 2.11. The number of carbonyl (C=O) groups is 2. The van der Waals surface area contributed by atoms with Crippen LogP contribution in [0.2, 0.25) is 0 Å². The number of aliphatic carboxylic acids is 1. The topological polar surface area (TPSA) is 99.1 Å². The number of aliphatic hydroxyl groups excluding tert-OH is 1. The van der Waals surface area contributed by atoms with Crippen LogP contribution in [0.25, 0.3) is 0 Å². The highest BCUT2D eigenvalue weighted by molar-refractivity contribution is 5.76. The van der Waals surface area contributed by atoms with E-state index in [4.69, 9.17) is 14.9 Å². The molecule has 1 atom stereocenters. The van der Waals surface area contributed by atoms with Gasteiger partial charge in [-0.25, -0.2) is 9.59 Å². The third kappa shape index (κ3) is 6.75. The minimum absolute atomic E-state index is 0.306. The zero-order valence-electron chi connectivity index (χ0n) is 10.2. The number of likely N-dealkylation sites (N-methyl/N-ethyl adjacent to an activating group) is 1. The Hall–Kier alpha value is -1.34.